The van der Waals surface area contributed by atoms with Crippen LogP contribution in [0.3, 0.4) is 0 Å². The second kappa shape index (κ2) is 10.3. The summed E-state index contributed by atoms with van der Waals surface area (Å²) in [5.41, 5.74) is 6.34. The molecule has 5 N–H and O–H groups in total. The molecule has 12 heteroatoms. The van der Waals surface area contributed by atoms with Crippen LogP contribution in [0.5, 0.6) is 5.75 Å². The zero-order valence-corrected chi connectivity index (χ0v) is 18.2. The zero-order chi connectivity index (χ0) is 24.1. The molecule has 11 nitrogen and oxygen atoms in total. The maximum atomic E-state index is 14.2. The van der Waals surface area contributed by atoms with Gasteiger partial charge in [0.1, 0.15) is 11.4 Å². The van der Waals surface area contributed by atoms with E-state index in [4.69, 9.17) is 10.5 Å². The third-order valence-electron chi connectivity index (χ3n) is 5.61. The van der Waals surface area contributed by atoms with Crippen molar-refractivity contribution in [2.45, 2.75) is 19.4 Å². The topological polar surface area (TPSA) is 153 Å². The first-order valence-electron chi connectivity index (χ1n) is 10.8. The molecule has 1 aromatic carbocycles. The highest BCUT2D eigenvalue weighted by molar-refractivity contribution is 5.98. The van der Waals surface area contributed by atoms with Crippen molar-refractivity contribution in [2.75, 3.05) is 25.4 Å². The van der Waals surface area contributed by atoms with Gasteiger partial charge in [0.15, 0.2) is 17.2 Å². The summed E-state index contributed by atoms with van der Waals surface area (Å²) in [6.07, 6.45) is 2.84. The van der Waals surface area contributed by atoms with Crippen molar-refractivity contribution < 1.29 is 23.5 Å². The number of piperidine rings is 1. The fourth-order valence-corrected chi connectivity index (χ4v) is 3.77. The Bertz CT molecular complexity index is 1220. The van der Waals surface area contributed by atoms with Gasteiger partial charge in [0.25, 0.3) is 18.3 Å². The summed E-state index contributed by atoms with van der Waals surface area (Å²) in [5.74, 6) is -1.28. The zero-order valence-electron chi connectivity index (χ0n) is 18.2. The van der Waals surface area contributed by atoms with Crippen molar-refractivity contribution in [3.8, 4) is 5.75 Å². The highest BCUT2D eigenvalue weighted by Gasteiger charge is 2.21. The van der Waals surface area contributed by atoms with E-state index in [0.29, 0.717) is 18.0 Å². The minimum absolute atomic E-state index is 0.00703. The maximum absolute atomic E-state index is 14.2. The highest BCUT2D eigenvalue weighted by atomic mass is 19.1. The molecule has 1 fully saturated rings. The number of rotatable bonds is 8. The Morgan fingerprint density at radius 1 is 1.24 bits per heavy atom. The molecule has 3 heterocycles. The fraction of sp³-hybridized carbons (Fsp3) is 0.318. The molecule has 1 aliphatic rings. The Morgan fingerprint density at radius 3 is 2.76 bits per heavy atom. The number of nitrogens with zero attached hydrogens (tertiary/aromatic N) is 3. The molecular weight excluding hydrogens is 445 g/mol. The smallest absolute Gasteiger partial charge is 0.298 e. The average molecular weight is 469 g/mol. The summed E-state index contributed by atoms with van der Waals surface area (Å²) in [4.78, 5) is 40.1. The number of anilines is 1. The molecule has 1 aliphatic heterocycles. The SMILES string of the molecule is Nc1cc(CNC(=O)c2cc(C(=O)NCC3CCNCC3)n3ncc(F)c3n2)ccc1OC=O. The van der Waals surface area contributed by atoms with Gasteiger partial charge in [0.2, 0.25) is 0 Å². The van der Waals surface area contributed by atoms with Crippen LogP contribution in [0.25, 0.3) is 5.65 Å². The molecule has 0 spiro atoms. The number of carbonyl (C=O) groups excluding carboxylic acids is 3. The largest absolute Gasteiger partial charge is 0.427 e. The van der Waals surface area contributed by atoms with Gasteiger partial charge in [0, 0.05) is 19.2 Å². The van der Waals surface area contributed by atoms with Crippen LogP contribution < -0.4 is 26.4 Å². The third-order valence-corrected chi connectivity index (χ3v) is 5.61. The number of nitrogens with two attached hydrogens (primary N) is 1. The number of fused-ring (bicyclic) bond motifs is 1. The van der Waals surface area contributed by atoms with Crippen molar-refractivity contribution >= 4 is 29.6 Å². The van der Waals surface area contributed by atoms with Crippen LogP contribution in [0.4, 0.5) is 10.1 Å². The molecule has 2 amide bonds. The fourth-order valence-electron chi connectivity index (χ4n) is 3.77. The van der Waals surface area contributed by atoms with Gasteiger partial charge < -0.3 is 26.4 Å². The number of benzene rings is 1. The average Bonchev–Trinajstić information content (AvgIpc) is 3.23. The Morgan fingerprint density at radius 2 is 2.03 bits per heavy atom. The quantitative estimate of drug-likeness (QED) is 0.277. The second-order valence-corrected chi connectivity index (χ2v) is 7.93. The van der Waals surface area contributed by atoms with Crippen LogP contribution in [0, 0.1) is 11.7 Å². The predicted octanol–water partition coefficient (Wildman–Crippen LogP) is 0.645. The number of nitrogens with one attached hydrogen (secondary N) is 3. The first kappa shape index (κ1) is 23.1. The van der Waals surface area contributed by atoms with Crippen molar-refractivity contribution in [2.24, 2.45) is 5.92 Å². The van der Waals surface area contributed by atoms with Gasteiger partial charge >= 0.3 is 0 Å². The molecule has 0 aliphatic carbocycles. The molecule has 0 atom stereocenters. The van der Waals surface area contributed by atoms with Crippen LogP contribution in [0.1, 0.15) is 39.4 Å². The van der Waals surface area contributed by atoms with Crippen LogP contribution in [0.15, 0.2) is 30.5 Å². The summed E-state index contributed by atoms with van der Waals surface area (Å²) in [6, 6.07) is 5.96. The molecule has 4 rings (SSSR count). The van der Waals surface area contributed by atoms with Gasteiger partial charge in [-0.15, -0.1) is 0 Å². The molecule has 3 aromatic rings. The number of amides is 2. The van der Waals surface area contributed by atoms with Crippen molar-refractivity contribution in [3.05, 3.63) is 53.2 Å². The molecule has 0 saturated carbocycles. The van der Waals surface area contributed by atoms with Gasteiger partial charge in [-0.25, -0.2) is 13.9 Å². The Balaban J connectivity index is 1.50. The molecule has 34 heavy (non-hydrogen) atoms. The number of carbonyl (C=O) groups is 3. The second-order valence-electron chi connectivity index (χ2n) is 7.93. The Labute approximate surface area is 193 Å². The van der Waals surface area contributed by atoms with Crippen molar-refractivity contribution in [1.82, 2.24) is 30.5 Å². The first-order valence-corrected chi connectivity index (χ1v) is 10.8. The lowest BCUT2D eigenvalue weighted by Gasteiger charge is -2.22. The van der Waals surface area contributed by atoms with Crippen LogP contribution >= 0.6 is 0 Å². The normalized spacial score (nSPS) is 14.0. The van der Waals surface area contributed by atoms with Gasteiger partial charge in [-0.1, -0.05) is 6.07 Å². The minimum atomic E-state index is -0.749. The summed E-state index contributed by atoms with van der Waals surface area (Å²) < 4.78 is 20.1. The van der Waals surface area contributed by atoms with Gasteiger partial charge in [-0.2, -0.15) is 5.10 Å². The van der Waals surface area contributed by atoms with Gasteiger partial charge in [-0.3, -0.25) is 14.4 Å². The monoisotopic (exact) mass is 469 g/mol. The Hall–Kier alpha value is -4.06. The molecular formula is C22H24FN7O4. The molecule has 0 unspecified atom stereocenters. The Kier molecular flexibility index (Phi) is 6.97. The highest BCUT2D eigenvalue weighted by Crippen LogP contribution is 2.22. The summed E-state index contributed by atoms with van der Waals surface area (Å²) in [7, 11) is 0. The number of ether oxygens (including phenoxy) is 1. The number of halogens is 1. The lowest BCUT2D eigenvalue weighted by Crippen LogP contribution is -2.36. The lowest BCUT2D eigenvalue weighted by atomic mass is 9.98. The molecule has 0 bridgehead atoms. The van der Waals surface area contributed by atoms with E-state index in [-0.39, 0.29) is 41.5 Å². The molecule has 178 valence electrons. The van der Waals surface area contributed by atoms with E-state index in [1.54, 1.807) is 12.1 Å². The van der Waals surface area contributed by atoms with Crippen molar-refractivity contribution in [3.63, 3.8) is 0 Å². The van der Waals surface area contributed by atoms with E-state index >= 15 is 0 Å². The number of hydrogen-bond donors (Lipinski definition) is 4. The van der Waals surface area contributed by atoms with Gasteiger partial charge in [-0.05, 0) is 49.5 Å². The lowest BCUT2D eigenvalue weighted by molar-refractivity contribution is -0.120. The van der Waals surface area contributed by atoms with E-state index in [1.807, 2.05) is 0 Å². The summed E-state index contributed by atoms with van der Waals surface area (Å²) in [6.45, 7) is 2.61. The number of hydrogen-bond acceptors (Lipinski definition) is 8. The molecule has 1 saturated heterocycles. The van der Waals surface area contributed by atoms with E-state index in [0.717, 1.165) is 36.6 Å². The van der Waals surface area contributed by atoms with E-state index in [1.165, 1.54) is 12.1 Å². The van der Waals surface area contributed by atoms with Crippen molar-refractivity contribution in [1.29, 1.82) is 0 Å². The minimum Gasteiger partial charge on any atom is -0.427 e. The van der Waals surface area contributed by atoms with Gasteiger partial charge in [0.05, 0.1) is 11.9 Å². The molecule has 2 aromatic heterocycles. The van der Waals surface area contributed by atoms with E-state index < -0.39 is 17.6 Å². The maximum Gasteiger partial charge on any atom is 0.298 e. The number of nitrogen functional groups attached to an aromatic ring is 1. The number of aromatic nitrogens is 3. The van der Waals surface area contributed by atoms with Crippen LogP contribution in [0.2, 0.25) is 0 Å². The summed E-state index contributed by atoms with van der Waals surface area (Å²) in [5, 5.41) is 12.7. The van der Waals surface area contributed by atoms with Crippen LogP contribution in [-0.4, -0.2) is 52.5 Å². The molecule has 0 radical (unpaired) electrons. The third kappa shape index (κ3) is 5.12. The first-order chi connectivity index (χ1) is 16.5. The van der Waals surface area contributed by atoms with E-state index in [2.05, 4.69) is 26.0 Å². The standard InChI is InChI=1S/C22H24FN7O4/c23-15-11-28-30-18(22(33)27-9-13-3-5-25-6-4-13)8-17(29-20(15)30)21(32)26-10-14-1-2-19(34-12-31)16(24)7-14/h1-2,7-8,11-13,25H,3-6,9-10,24H2,(H,26,32)(H,27,33). The van der Waals surface area contributed by atoms with Crippen LogP contribution in [-0.2, 0) is 11.3 Å². The summed E-state index contributed by atoms with van der Waals surface area (Å²) >= 11 is 0. The van der Waals surface area contributed by atoms with E-state index in [9.17, 15) is 18.8 Å². The predicted molar refractivity (Wildman–Crippen MR) is 120 cm³/mol.